The average Bonchev–Trinajstić information content (AvgIpc) is 3.03. The number of hydrogen-bond acceptors (Lipinski definition) is 5. The summed E-state index contributed by atoms with van der Waals surface area (Å²) in [7, 11) is 0. The Hall–Kier alpha value is -2.81. The normalized spacial score (nSPS) is 11.1. The van der Waals surface area contributed by atoms with Crippen molar-refractivity contribution in [2.75, 3.05) is 5.75 Å². The van der Waals surface area contributed by atoms with Gasteiger partial charge in [0.1, 0.15) is 0 Å². The van der Waals surface area contributed by atoms with Gasteiger partial charge >= 0.3 is 0 Å². The highest BCUT2D eigenvalue weighted by Crippen LogP contribution is 2.31. The highest BCUT2D eigenvalue weighted by Gasteiger charge is 2.13. The van der Waals surface area contributed by atoms with E-state index < -0.39 is 4.92 Å². The van der Waals surface area contributed by atoms with Crippen molar-refractivity contribution in [1.29, 1.82) is 0 Å². The summed E-state index contributed by atoms with van der Waals surface area (Å²) in [6, 6.07) is 13.7. The standard InChI is InChI=1S/C22H20Cl2N4O3S/c1-14-10-17(15(2)27(14)20-5-3-4-19(23)22(20)24)11-25-26-21(29)13-32-12-16-6-8-18(9-7-16)28(30)31/h3-11H,12-13H2,1-2H3,(H,26,29)/b25-11+. The second-order valence-electron chi connectivity index (χ2n) is 6.94. The minimum absolute atomic E-state index is 0.0443. The largest absolute Gasteiger partial charge is 0.316 e. The van der Waals surface area contributed by atoms with Crippen molar-refractivity contribution in [2.24, 2.45) is 5.10 Å². The maximum atomic E-state index is 12.1. The number of carbonyl (C=O) groups is 1. The first-order valence-electron chi connectivity index (χ1n) is 9.54. The summed E-state index contributed by atoms with van der Waals surface area (Å²) in [6.07, 6.45) is 1.59. The number of nitro groups is 1. The quantitative estimate of drug-likeness (QED) is 0.249. The van der Waals surface area contributed by atoms with Gasteiger partial charge in [-0.1, -0.05) is 41.4 Å². The van der Waals surface area contributed by atoms with Crippen LogP contribution in [0.3, 0.4) is 0 Å². The number of carbonyl (C=O) groups excluding carboxylic acids is 1. The number of nitro benzene ring substituents is 1. The van der Waals surface area contributed by atoms with Gasteiger partial charge in [0.15, 0.2) is 0 Å². The van der Waals surface area contributed by atoms with E-state index in [2.05, 4.69) is 10.5 Å². The van der Waals surface area contributed by atoms with Crippen molar-refractivity contribution in [3.63, 3.8) is 0 Å². The SMILES string of the molecule is Cc1cc(/C=N/NC(=O)CSCc2ccc([N+](=O)[O-])cc2)c(C)n1-c1cccc(Cl)c1Cl. The Balaban J connectivity index is 1.56. The lowest BCUT2D eigenvalue weighted by Gasteiger charge is -2.12. The molecule has 0 aliphatic rings. The third-order valence-electron chi connectivity index (χ3n) is 4.68. The molecule has 0 spiro atoms. The van der Waals surface area contributed by atoms with E-state index >= 15 is 0 Å². The van der Waals surface area contributed by atoms with E-state index in [0.29, 0.717) is 15.8 Å². The fourth-order valence-electron chi connectivity index (χ4n) is 3.14. The van der Waals surface area contributed by atoms with Gasteiger partial charge in [0.25, 0.3) is 5.69 Å². The second-order valence-corrected chi connectivity index (χ2v) is 8.72. The van der Waals surface area contributed by atoms with Crippen molar-refractivity contribution in [2.45, 2.75) is 19.6 Å². The number of non-ortho nitro benzene ring substituents is 1. The minimum Gasteiger partial charge on any atom is -0.316 e. The maximum Gasteiger partial charge on any atom is 0.269 e. The Morgan fingerprint density at radius 1 is 1.22 bits per heavy atom. The Bertz CT molecular complexity index is 1180. The summed E-state index contributed by atoms with van der Waals surface area (Å²) in [4.78, 5) is 22.3. The van der Waals surface area contributed by atoms with E-state index in [4.69, 9.17) is 23.2 Å². The molecule has 0 radical (unpaired) electrons. The topological polar surface area (TPSA) is 89.5 Å². The summed E-state index contributed by atoms with van der Waals surface area (Å²) >= 11 is 13.9. The third-order valence-corrected chi connectivity index (χ3v) is 6.50. The lowest BCUT2D eigenvalue weighted by Crippen LogP contribution is -2.19. The molecule has 10 heteroatoms. The molecular formula is C22H20Cl2N4O3S. The van der Waals surface area contributed by atoms with Crippen LogP contribution in [0, 0.1) is 24.0 Å². The molecule has 1 aromatic heterocycles. The number of rotatable bonds is 8. The zero-order chi connectivity index (χ0) is 23.3. The number of amides is 1. The van der Waals surface area contributed by atoms with Crippen LogP contribution in [0.4, 0.5) is 5.69 Å². The van der Waals surface area contributed by atoms with Crippen LogP contribution >= 0.6 is 35.0 Å². The fourth-order valence-corrected chi connectivity index (χ4v) is 4.30. The van der Waals surface area contributed by atoms with Crippen molar-refractivity contribution >= 4 is 52.8 Å². The zero-order valence-corrected chi connectivity index (χ0v) is 19.7. The number of hydrazone groups is 1. The number of aromatic nitrogens is 1. The lowest BCUT2D eigenvalue weighted by molar-refractivity contribution is -0.384. The molecule has 166 valence electrons. The van der Waals surface area contributed by atoms with Gasteiger partial charge in [-0.2, -0.15) is 5.10 Å². The monoisotopic (exact) mass is 490 g/mol. The number of aryl methyl sites for hydroxylation is 1. The number of hydrogen-bond donors (Lipinski definition) is 1. The summed E-state index contributed by atoms with van der Waals surface area (Å²) in [5, 5.41) is 15.7. The van der Waals surface area contributed by atoms with Crippen LogP contribution in [0.5, 0.6) is 0 Å². The minimum atomic E-state index is -0.441. The summed E-state index contributed by atoms with van der Waals surface area (Å²) in [5.74, 6) is 0.544. The molecule has 3 aromatic rings. The van der Waals surface area contributed by atoms with Crippen molar-refractivity contribution in [3.05, 3.63) is 91.2 Å². The first kappa shape index (κ1) is 23.8. The molecule has 32 heavy (non-hydrogen) atoms. The molecule has 0 unspecified atom stereocenters. The van der Waals surface area contributed by atoms with E-state index in [1.807, 2.05) is 36.6 Å². The van der Waals surface area contributed by atoms with Crippen LogP contribution < -0.4 is 5.43 Å². The Morgan fingerprint density at radius 2 is 1.94 bits per heavy atom. The van der Waals surface area contributed by atoms with Gasteiger partial charge in [0.2, 0.25) is 5.91 Å². The molecule has 3 rings (SSSR count). The van der Waals surface area contributed by atoms with Crippen LogP contribution in [0.2, 0.25) is 10.0 Å². The van der Waals surface area contributed by atoms with Crippen molar-refractivity contribution < 1.29 is 9.72 Å². The summed E-state index contributed by atoms with van der Waals surface area (Å²) in [6.45, 7) is 3.89. The van der Waals surface area contributed by atoms with Gasteiger partial charge in [0.05, 0.1) is 32.6 Å². The lowest BCUT2D eigenvalue weighted by atomic mass is 10.2. The number of thioether (sulfide) groups is 1. The highest BCUT2D eigenvalue weighted by molar-refractivity contribution is 7.99. The molecule has 0 saturated carbocycles. The predicted octanol–water partition coefficient (Wildman–Crippen LogP) is 5.69. The van der Waals surface area contributed by atoms with Crippen molar-refractivity contribution in [1.82, 2.24) is 9.99 Å². The Kier molecular flexibility index (Phi) is 7.95. The molecule has 2 aromatic carbocycles. The van der Waals surface area contributed by atoms with Crippen molar-refractivity contribution in [3.8, 4) is 5.69 Å². The first-order chi connectivity index (χ1) is 15.3. The smallest absolute Gasteiger partial charge is 0.269 e. The van der Waals surface area contributed by atoms with Crippen LogP contribution in [-0.4, -0.2) is 27.4 Å². The summed E-state index contributed by atoms with van der Waals surface area (Å²) in [5.41, 5.74) is 6.97. The van der Waals surface area contributed by atoms with Gasteiger partial charge in [-0.25, -0.2) is 5.43 Å². The maximum absolute atomic E-state index is 12.1. The number of halogens is 2. The number of nitrogens with zero attached hydrogens (tertiary/aromatic N) is 3. The van der Waals surface area contributed by atoms with E-state index in [1.165, 1.54) is 23.9 Å². The molecule has 1 N–H and O–H groups in total. The van der Waals surface area contributed by atoms with E-state index in [-0.39, 0.29) is 17.3 Å². The van der Waals surface area contributed by atoms with Crippen LogP contribution in [0.15, 0.2) is 53.6 Å². The molecule has 0 aliphatic carbocycles. The highest BCUT2D eigenvalue weighted by atomic mass is 35.5. The van der Waals surface area contributed by atoms with E-state index in [1.54, 1.807) is 24.4 Å². The van der Waals surface area contributed by atoms with Gasteiger partial charge in [-0.15, -0.1) is 11.8 Å². The molecule has 1 heterocycles. The predicted molar refractivity (Wildman–Crippen MR) is 130 cm³/mol. The van der Waals surface area contributed by atoms with E-state index in [0.717, 1.165) is 28.2 Å². The summed E-state index contributed by atoms with van der Waals surface area (Å²) < 4.78 is 1.98. The molecule has 0 bridgehead atoms. The van der Waals surface area contributed by atoms with Crippen LogP contribution in [0.1, 0.15) is 22.5 Å². The van der Waals surface area contributed by atoms with Gasteiger partial charge in [0, 0.05) is 34.8 Å². The molecule has 0 fully saturated rings. The van der Waals surface area contributed by atoms with Gasteiger partial charge in [-0.05, 0) is 37.6 Å². The van der Waals surface area contributed by atoms with E-state index in [9.17, 15) is 14.9 Å². The first-order valence-corrected chi connectivity index (χ1v) is 11.4. The van der Waals surface area contributed by atoms with Crippen LogP contribution in [0.25, 0.3) is 5.69 Å². The Morgan fingerprint density at radius 3 is 2.62 bits per heavy atom. The average molecular weight is 491 g/mol. The molecule has 0 atom stereocenters. The third kappa shape index (κ3) is 5.70. The van der Waals surface area contributed by atoms with Gasteiger partial charge in [-0.3, -0.25) is 14.9 Å². The van der Waals surface area contributed by atoms with Gasteiger partial charge < -0.3 is 4.57 Å². The van der Waals surface area contributed by atoms with Crippen LogP contribution in [-0.2, 0) is 10.5 Å². The molecule has 1 amide bonds. The fraction of sp³-hybridized carbons (Fsp3) is 0.182. The molecular weight excluding hydrogens is 471 g/mol. The molecule has 7 nitrogen and oxygen atoms in total. The second kappa shape index (κ2) is 10.7. The molecule has 0 saturated heterocycles. The number of benzene rings is 2. The molecule has 0 aliphatic heterocycles. The Labute approximate surface area is 199 Å². The number of nitrogens with one attached hydrogen (secondary N) is 1. The zero-order valence-electron chi connectivity index (χ0n) is 17.3.